The molecule has 4 bridgehead atoms. The minimum atomic E-state index is -5.08. The number of nitrogens with one attached hydrogen (secondary N) is 2. The zero-order chi connectivity index (χ0) is 29.0. The molecule has 1 amide bonds. The van der Waals surface area contributed by atoms with E-state index in [1.807, 2.05) is 14.0 Å². The van der Waals surface area contributed by atoms with Crippen LogP contribution in [0.25, 0.3) is 0 Å². The molecular formula is C24H22F3N5O6S. The highest BCUT2D eigenvalue weighted by atomic mass is 32.2. The van der Waals surface area contributed by atoms with Crippen LogP contribution in [0.2, 0.25) is 0 Å². The summed E-state index contributed by atoms with van der Waals surface area (Å²) in [5.41, 5.74) is 0.638. The van der Waals surface area contributed by atoms with Crippen molar-refractivity contribution in [2.75, 3.05) is 6.54 Å². The first-order valence-corrected chi connectivity index (χ1v) is 12.6. The number of halogens is 3. The number of amides is 1. The number of hydrogen-bond acceptors (Lipinski definition) is 7. The first-order chi connectivity index (χ1) is 18.2. The van der Waals surface area contributed by atoms with Gasteiger partial charge in [-0.15, -0.1) is 0 Å². The van der Waals surface area contributed by atoms with Crippen molar-refractivity contribution in [2.24, 2.45) is 7.05 Å². The first kappa shape index (κ1) is 29.1. The van der Waals surface area contributed by atoms with E-state index in [4.69, 9.17) is 14.6 Å². The fourth-order valence-electron chi connectivity index (χ4n) is 3.69. The van der Waals surface area contributed by atoms with Gasteiger partial charge < -0.3 is 19.7 Å². The van der Waals surface area contributed by atoms with Crippen LogP contribution in [0.15, 0.2) is 59.9 Å². The summed E-state index contributed by atoms with van der Waals surface area (Å²) in [6, 6.07) is 13.1. The Bertz CT molecular complexity index is 1550. The molecule has 0 saturated heterocycles. The van der Waals surface area contributed by atoms with Gasteiger partial charge in [-0.2, -0.15) is 18.4 Å². The Morgan fingerprint density at radius 3 is 2.54 bits per heavy atom. The van der Waals surface area contributed by atoms with Crippen LogP contribution in [0.1, 0.15) is 30.2 Å². The molecule has 3 aromatic rings. The molecule has 1 unspecified atom stereocenters. The fourth-order valence-corrected chi connectivity index (χ4v) is 4.76. The summed E-state index contributed by atoms with van der Waals surface area (Å²) in [6.45, 7) is 1.75. The lowest BCUT2D eigenvalue weighted by atomic mass is 9.87. The number of aromatic nitrogens is 2. The van der Waals surface area contributed by atoms with Crippen LogP contribution in [-0.2, 0) is 32.2 Å². The van der Waals surface area contributed by atoms with E-state index in [0.717, 1.165) is 0 Å². The molecule has 1 aliphatic rings. The van der Waals surface area contributed by atoms with E-state index < -0.39 is 27.7 Å². The molecule has 0 saturated carbocycles. The predicted octanol–water partition coefficient (Wildman–Crippen LogP) is 2.78. The Labute approximate surface area is 220 Å². The van der Waals surface area contributed by atoms with Gasteiger partial charge in [0.05, 0.1) is 28.7 Å². The van der Waals surface area contributed by atoms with Gasteiger partial charge in [-0.25, -0.2) is 22.9 Å². The predicted molar refractivity (Wildman–Crippen MR) is 129 cm³/mol. The minimum Gasteiger partial charge on any atom is -0.475 e. The van der Waals surface area contributed by atoms with Crippen LogP contribution in [0.4, 0.5) is 13.2 Å². The number of rotatable bonds is 1. The van der Waals surface area contributed by atoms with Gasteiger partial charge in [0, 0.05) is 26.1 Å². The third-order valence-corrected chi connectivity index (χ3v) is 7.09. The second-order valence-corrected chi connectivity index (χ2v) is 10.2. The van der Waals surface area contributed by atoms with Crippen molar-refractivity contribution in [1.82, 2.24) is 19.6 Å². The van der Waals surface area contributed by atoms with Crippen molar-refractivity contribution in [3.63, 3.8) is 0 Å². The third kappa shape index (κ3) is 6.72. The van der Waals surface area contributed by atoms with Crippen LogP contribution in [0.5, 0.6) is 11.5 Å². The smallest absolute Gasteiger partial charge is 0.475 e. The standard InChI is InChI=1S/C22H21N5O4S.C2HF3O2/c1-22(20-13-24-14-27(20)2)16-7-6-15(12-23)19(10-16)31-17-4-3-5-18(11-17)32(29,30)25-9-8-21(28)26-22;3-2(4,5)1(6)7/h3-7,10-11,13-14,25H,8-9H2,1-2H3,(H,26,28);(H,6,7). The van der Waals surface area contributed by atoms with E-state index in [1.54, 1.807) is 47.4 Å². The number of ether oxygens (including phenoxy) is 1. The lowest BCUT2D eigenvalue weighted by Gasteiger charge is -2.32. The molecule has 3 N–H and O–H groups in total. The number of carbonyl (C=O) groups is 2. The van der Waals surface area contributed by atoms with Gasteiger partial charge in [0.15, 0.2) is 0 Å². The molecular weight excluding hydrogens is 543 g/mol. The van der Waals surface area contributed by atoms with E-state index in [9.17, 15) is 31.6 Å². The Morgan fingerprint density at radius 2 is 1.95 bits per heavy atom. The Morgan fingerprint density at radius 1 is 1.26 bits per heavy atom. The number of hydrogen-bond donors (Lipinski definition) is 3. The van der Waals surface area contributed by atoms with Crippen molar-refractivity contribution in [3.05, 3.63) is 71.8 Å². The fraction of sp³-hybridized carbons (Fsp3) is 0.250. The molecule has 0 radical (unpaired) electrons. The van der Waals surface area contributed by atoms with Crippen molar-refractivity contribution in [1.29, 1.82) is 5.26 Å². The molecule has 2 heterocycles. The molecule has 0 aliphatic carbocycles. The van der Waals surface area contributed by atoms with E-state index in [-0.39, 0.29) is 40.8 Å². The van der Waals surface area contributed by atoms with Crippen molar-refractivity contribution >= 4 is 21.9 Å². The maximum Gasteiger partial charge on any atom is 0.490 e. The van der Waals surface area contributed by atoms with Crippen molar-refractivity contribution in [3.8, 4) is 17.6 Å². The molecule has 39 heavy (non-hydrogen) atoms. The monoisotopic (exact) mass is 565 g/mol. The molecule has 1 aliphatic heterocycles. The highest BCUT2D eigenvalue weighted by Crippen LogP contribution is 2.35. The van der Waals surface area contributed by atoms with Crippen LogP contribution >= 0.6 is 0 Å². The van der Waals surface area contributed by atoms with Crippen molar-refractivity contribution in [2.45, 2.75) is 30.0 Å². The topological polar surface area (TPSA) is 163 Å². The van der Waals surface area contributed by atoms with Crippen LogP contribution < -0.4 is 14.8 Å². The lowest BCUT2D eigenvalue weighted by Crippen LogP contribution is -2.46. The van der Waals surface area contributed by atoms with Gasteiger partial charge in [0.1, 0.15) is 23.1 Å². The number of aryl methyl sites for hydroxylation is 1. The second-order valence-electron chi connectivity index (χ2n) is 8.41. The van der Waals surface area contributed by atoms with Gasteiger partial charge >= 0.3 is 12.1 Å². The number of fused-ring (bicyclic) bond motifs is 4. The van der Waals surface area contributed by atoms with E-state index in [0.29, 0.717) is 11.3 Å². The van der Waals surface area contributed by atoms with E-state index in [1.165, 1.54) is 12.1 Å². The van der Waals surface area contributed by atoms with Crippen LogP contribution in [0, 0.1) is 11.3 Å². The molecule has 15 heteroatoms. The molecule has 0 fully saturated rings. The molecule has 1 atom stereocenters. The Balaban J connectivity index is 0.000000532. The molecule has 0 spiro atoms. The van der Waals surface area contributed by atoms with Crippen LogP contribution in [0.3, 0.4) is 0 Å². The third-order valence-electron chi connectivity index (χ3n) is 5.63. The van der Waals surface area contributed by atoms with Crippen LogP contribution in [-0.4, -0.2) is 47.7 Å². The number of carbonyl (C=O) groups excluding carboxylic acids is 1. The normalized spacial score (nSPS) is 18.7. The molecule has 11 nitrogen and oxygen atoms in total. The molecule has 1 aromatic heterocycles. The maximum atomic E-state index is 12.8. The Hall–Kier alpha value is -4.42. The van der Waals surface area contributed by atoms with Gasteiger partial charge in [0.2, 0.25) is 15.9 Å². The summed E-state index contributed by atoms with van der Waals surface area (Å²) < 4.78 is 67.2. The summed E-state index contributed by atoms with van der Waals surface area (Å²) in [5, 5.41) is 19.7. The van der Waals surface area contributed by atoms with Gasteiger partial charge in [-0.05, 0) is 36.8 Å². The summed E-state index contributed by atoms with van der Waals surface area (Å²) in [7, 11) is -2.04. The van der Waals surface area contributed by atoms with Gasteiger partial charge in [0.25, 0.3) is 0 Å². The molecule has 4 rings (SSSR count). The highest BCUT2D eigenvalue weighted by molar-refractivity contribution is 7.89. The number of aliphatic carboxylic acids is 1. The maximum absolute atomic E-state index is 12.8. The number of carboxylic acid groups (broad SMARTS) is 1. The number of alkyl halides is 3. The number of nitrogens with zero attached hydrogens (tertiary/aromatic N) is 3. The second kappa shape index (κ2) is 11.1. The number of benzene rings is 2. The average Bonchev–Trinajstić information content (AvgIpc) is 3.30. The zero-order valence-electron chi connectivity index (χ0n) is 20.5. The largest absolute Gasteiger partial charge is 0.490 e. The number of carboxylic acids is 1. The minimum absolute atomic E-state index is 0.00172. The molecule has 2 aromatic carbocycles. The Kier molecular flexibility index (Phi) is 8.32. The number of nitriles is 1. The molecule has 206 valence electrons. The summed E-state index contributed by atoms with van der Waals surface area (Å²) >= 11 is 0. The average molecular weight is 566 g/mol. The summed E-state index contributed by atoms with van der Waals surface area (Å²) in [4.78, 5) is 25.9. The number of imidazole rings is 1. The number of sulfonamides is 1. The van der Waals surface area contributed by atoms with E-state index >= 15 is 0 Å². The summed E-state index contributed by atoms with van der Waals surface area (Å²) in [6.07, 6.45) is -1.88. The summed E-state index contributed by atoms with van der Waals surface area (Å²) in [5.74, 6) is -2.60. The highest BCUT2D eigenvalue weighted by Gasteiger charge is 2.38. The van der Waals surface area contributed by atoms with E-state index in [2.05, 4.69) is 21.1 Å². The first-order valence-electron chi connectivity index (χ1n) is 11.1. The van der Waals surface area contributed by atoms with Gasteiger partial charge in [-0.3, -0.25) is 4.79 Å². The van der Waals surface area contributed by atoms with Crippen molar-refractivity contribution < 1.29 is 41.0 Å². The van der Waals surface area contributed by atoms with Gasteiger partial charge in [-0.1, -0.05) is 12.1 Å². The SMILES string of the molecule is Cn1cncc1C1(C)NC(=O)CCNS(=O)(=O)c2cccc(c2)Oc2cc1ccc2C#N.O=C(O)C(F)(F)F. The quantitative estimate of drug-likeness (QED) is 0.406. The lowest BCUT2D eigenvalue weighted by molar-refractivity contribution is -0.192. The zero-order valence-corrected chi connectivity index (χ0v) is 21.3.